The van der Waals surface area contributed by atoms with E-state index in [0.29, 0.717) is 0 Å². The van der Waals surface area contributed by atoms with Gasteiger partial charge >= 0.3 is 0 Å². The van der Waals surface area contributed by atoms with Crippen LogP contribution in [-0.4, -0.2) is 0 Å². The molecule has 8 aromatic rings. The molecule has 0 bridgehead atoms. The summed E-state index contributed by atoms with van der Waals surface area (Å²) in [6.45, 7) is 0. The summed E-state index contributed by atoms with van der Waals surface area (Å²) in [5, 5.41) is 2.56. The Morgan fingerprint density at radius 1 is 0.538 bits per heavy atom. The Kier molecular flexibility index (Phi) is 5.78. The highest BCUT2D eigenvalue weighted by Crippen LogP contribution is 2.61. The maximum Gasteiger partial charge on any atom is 0.155 e. The van der Waals surface area contributed by atoms with Crippen LogP contribution in [-0.2, 0) is 5.41 Å². The molecule has 1 aromatic heterocycles. The third kappa shape index (κ3) is 3.81. The summed E-state index contributed by atoms with van der Waals surface area (Å²) in [6, 6.07) is 52.9. The molecule has 0 saturated heterocycles. The predicted octanol–water partition coefficient (Wildman–Crippen LogP) is 14.0. The lowest BCUT2D eigenvalue weighted by molar-refractivity contribution is 0.446. The van der Waals surface area contributed by atoms with Gasteiger partial charge in [-0.2, -0.15) is 0 Å². The average molecular weight is 689 g/mol. The minimum atomic E-state index is 0.0683. The molecule has 3 heterocycles. The standard InChI is InChI=1S/C47H32N2O2S/c1-3-13-34-31(11-1)32-23-21-29(27-35(32)47(34)25-7-8-26-47)48(38-15-9-20-44-45(38)33-12-2-6-19-43(33)52-44)30-22-24-37-42(28-30)51-41-18-10-17-40-46(41)49(37)36-14-4-5-16-39(36)50-40/h1-6,9-24,27-28H,7-8,25-26H2. The largest absolute Gasteiger partial charge is 0.453 e. The number of benzene rings is 7. The molecule has 1 saturated carbocycles. The summed E-state index contributed by atoms with van der Waals surface area (Å²) in [5.41, 5.74) is 12.1. The number of ether oxygens (including phenoxy) is 2. The predicted molar refractivity (Wildman–Crippen MR) is 214 cm³/mol. The Morgan fingerprint density at radius 2 is 1.21 bits per heavy atom. The quantitative estimate of drug-likeness (QED) is 0.184. The number of rotatable bonds is 3. The van der Waals surface area contributed by atoms with Gasteiger partial charge in [0.2, 0.25) is 0 Å². The summed E-state index contributed by atoms with van der Waals surface area (Å²) < 4.78 is 15.7. The van der Waals surface area contributed by atoms with Gasteiger partial charge < -0.3 is 14.4 Å². The van der Waals surface area contributed by atoms with E-state index in [1.54, 1.807) is 0 Å². The first-order valence-corrected chi connectivity index (χ1v) is 19.0. The van der Waals surface area contributed by atoms with Crippen LogP contribution < -0.4 is 19.3 Å². The molecule has 12 rings (SSSR count). The third-order valence-corrected chi connectivity index (χ3v) is 12.9. The van der Waals surface area contributed by atoms with Gasteiger partial charge in [-0.05, 0) is 102 Å². The van der Waals surface area contributed by atoms with Crippen LogP contribution >= 0.6 is 11.3 Å². The molecule has 0 radical (unpaired) electrons. The Balaban J connectivity index is 1.10. The molecule has 0 atom stereocenters. The molecule has 7 aromatic carbocycles. The van der Waals surface area contributed by atoms with Gasteiger partial charge in [-0.25, -0.2) is 0 Å². The van der Waals surface area contributed by atoms with Gasteiger partial charge in [-0.15, -0.1) is 11.3 Å². The second kappa shape index (κ2) is 10.5. The van der Waals surface area contributed by atoms with Crippen molar-refractivity contribution in [2.24, 2.45) is 0 Å². The number of hydrogen-bond donors (Lipinski definition) is 0. The van der Waals surface area contributed by atoms with E-state index in [1.165, 1.54) is 73.8 Å². The Morgan fingerprint density at radius 3 is 2.13 bits per heavy atom. The smallest absolute Gasteiger partial charge is 0.155 e. The van der Waals surface area contributed by atoms with Crippen molar-refractivity contribution in [3.8, 4) is 34.1 Å². The minimum absolute atomic E-state index is 0.0683. The van der Waals surface area contributed by atoms with E-state index in [9.17, 15) is 0 Å². The van der Waals surface area contributed by atoms with Crippen LogP contribution in [0.1, 0.15) is 36.8 Å². The Bertz CT molecular complexity index is 2790. The van der Waals surface area contributed by atoms with Gasteiger partial charge in [0.25, 0.3) is 0 Å². The van der Waals surface area contributed by atoms with Crippen molar-refractivity contribution >= 4 is 65.6 Å². The van der Waals surface area contributed by atoms with Crippen LogP contribution in [0.3, 0.4) is 0 Å². The summed E-state index contributed by atoms with van der Waals surface area (Å²) in [4.78, 5) is 4.76. The highest BCUT2D eigenvalue weighted by molar-refractivity contribution is 7.26. The molecule has 248 valence electrons. The topological polar surface area (TPSA) is 24.9 Å². The third-order valence-electron chi connectivity index (χ3n) is 11.8. The number of nitrogens with zero attached hydrogens (tertiary/aromatic N) is 2. The fourth-order valence-electron chi connectivity index (χ4n) is 9.60. The van der Waals surface area contributed by atoms with Gasteiger partial charge in [0.05, 0.1) is 22.7 Å². The Labute approximate surface area is 305 Å². The van der Waals surface area contributed by atoms with Crippen molar-refractivity contribution in [1.82, 2.24) is 0 Å². The first-order chi connectivity index (χ1) is 25.7. The van der Waals surface area contributed by atoms with Crippen molar-refractivity contribution in [2.75, 3.05) is 9.80 Å². The number of thiophene rings is 1. The van der Waals surface area contributed by atoms with Crippen molar-refractivity contribution in [1.29, 1.82) is 0 Å². The number of anilines is 6. The van der Waals surface area contributed by atoms with Crippen molar-refractivity contribution < 1.29 is 9.47 Å². The summed E-state index contributed by atoms with van der Waals surface area (Å²) >= 11 is 1.86. The van der Waals surface area contributed by atoms with E-state index < -0.39 is 0 Å². The van der Waals surface area contributed by atoms with E-state index >= 15 is 0 Å². The van der Waals surface area contributed by atoms with Crippen molar-refractivity contribution in [3.05, 3.63) is 157 Å². The fourth-order valence-corrected chi connectivity index (χ4v) is 10.7. The van der Waals surface area contributed by atoms with Gasteiger partial charge in [-0.3, -0.25) is 4.90 Å². The number of fused-ring (bicyclic) bond motifs is 12. The van der Waals surface area contributed by atoms with Crippen LogP contribution in [0.5, 0.6) is 23.0 Å². The number of para-hydroxylation sites is 3. The zero-order valence-corrected chi connectivity index (χ0v) is 29.1. The lowest BCUT2D eigenvalue weighted by Crippen LogP contribution is -2.21. The van der Waals surface area contributed by atoms with E-state index in [0.717, 1.165) is 51.4 Å². The first kappa shape index (κ1) is 28.6. The van der Waals surface area contributed by atoms with Gasteiger partial charge in [0.15, 0.2) is 23.0 Å². The summed E-state index contributed by atoms with van der Waals surface area (Å²) in [6.07, 6.45) is 4.91. The SMILES string of the molecule is c1ccc2c(c1)Oc1cccc3c1N2c1ccc(N(c2ccc4c(c2)C2(CCCC2)c2ccccc2-4)c2cccc4sc5ccccc5c24)cc1O3. The molecule has 0 amide bonds. The first-order valence-electron chi connectivity index (χ1n) is 18.2. The van der Waals surface area contributed by atoms with E-state index in [1.807, 2.05) is 41.7 Å². The normalized spacial score (nSPS) is 15.4. The zero-order valence-electron chi connectivity index (χ0n) is 28.3. The molecule has 52 heavy (non-hydrogen) atoms. The molecule has 2 aliphatic carbocycles. The minimum Gasteiger partial charge on any atom is -0.453 e. The lowest BCUT2D eigenvalue weighted by Gasteiger charge is -2.38. The second-order valence-corrected chi connectivity index (χ2v) is 15.5. The van der Waals surface area contributed by atoms with Gasteiger partial charge in [0, 0.05) is 37.3 Å². The molecular weight excluding hydrogens is 657 g/mol. The van der Waals surface area contributed by atoms with Crippen LogP contribution in [0.2, 0.25) is 0 Å². The van der Waals surface area contributed by atoms with Gasteiger partial charge in [0.1, 0.15) is 5.69 Å². The monoisotopic (exact) mass is 688 g/mol. The molecular formula is C47H32N2O2S. The van der Waals surface area contributed by atoms with E-state index in [2.05, 4.69) is 125 Å². The zero-order chi connectivity index (χ0) is 34.0. The second-order valence-electron chi connectivity index (χ2n) is 14.4. The maximum atomic E-state index is 6.79. The highest BCUT2D eigenvalue weighted by Gasteiger charge is 2.45. The molecule has 0 unspecified atom stereocenters. The fraction of sp³-hybridized carbons (Fsp3) is 0.106. The summed E-state index contributed by atoms with van der Waals surface area (Å²) in [5.74, 6) is 3.23. The van der Waals surface area contributed by atoms with Crippen molar-refractivity contribution in [3.63, 3.8) is 0 Å². The molecule has 1 spiro atoms. The molecule has 4 nitrogen and oxygen atoms in total. The van der Waals surface area contributed by atoms with Crippen LogP contribution in [0.15, 0.2) is 146 Å². The van der Waals surface area contributed by atoms with E-state index in [4.69, 9.17) is 9.47 Å². The van der Waals surface area contributed by atoms with Crippen LogP contribution in [0.4, 0.5) is 34.1 Å². The molecule has 1 fully saturated rings. The Hall–Kier alpha value is -6.04. The molecule has 4 aliphatic rings. The maximum absolute atomic E-state index is 6.79. The number of hydrogen-bond acceptors (Lipinski definition) is 5. The van der Waals surface area contributed by atoms with Crippen LogP contribution in [0.25, 0.3) is 31.3 Å². The molecule has 2 aliphatic heterocycles. The lowest BCUT2D eigenvalue weighted by atomic mass is 9.76. The van der Waals surface area contributed by atoms with E-state index in [-0.39, 0.29) is 5.41 Å². The van der Waals surface area contributed by atoms with Gasteiger partial charge in [-0.1, -0.05) is 85.6 Å². The highest BCUT2D eigenvalue weighted by atomic mass is 32.1. The molecule has 5 heteroatoms. The summed E-state index contributed by atoms with van der Waals surface area (Å²) in [7, 11) is 0. The average Bonchev–Trinajstić information content (AvgIpc) is 3.91. The molecule has 0 N–H and O–H groups in total. The van der Waals surface area contributed by atoms with Crippen LogP contribution in [0, 0.1) is 0 Å². The van der Waals surface area contributed by atoms with Crippen molar-refractivity contribution in [2.45, 2.75) is 31.1 Å².